The van der Waals surface area contributed by atoms with Crippen LogP contribution in [-0.2, 0) is 13.2 Å². The van der Waals surface area contributed by atoms with Crippen molar-refractivity contribution < 1.29 is 13.9 Å². The predicted molar refractivity (Wildman–Crippen MR) is 101 cm³/mol. The Bertz CT molecular complexity index is 702. The quantitative estimate of drug-likeness (QED) is 0.758. The second kappa shape index (κ2) is 9.55. The molecule has 5 heteroatoms. The molecule has 0 bridgehead atoms. The number of hydrogen-bond acceptors (Lipinski definition) is 4. The predicted octanol–water partition coefficient (Wildman–Crippen LogP) is 3.50. The van der Waals surface area contributed by atoms with Gasteiger partial charge in [0.05, 0.1) is 7.11 Å². The summed E-state index contributed by atoms with van der Waals surface area (Å²) >= 11 is 0. The average molecular weight is 358 g/mol. The van der Waals surface area contributed by atoms with Crippen LogP contribution in [-0.4, -0.2) is 26.7 Å². The van der Waals surface area contributed by atoms with Gasteiger partial charge < -0.3 is 20.1 Å². The standard InChI is InChI=1S/C21H27FN2O2/c1-25-20-8-4-6-17(14-24-13-16-9-11-23-12-10-16)21(20)26-15-18-5-2-3-7-19(18)22/h2-8,16,23-24H,9-15H2,1H3. The first-order valence-corrected chi connectivity index (χ1v) is 9.21. The highest BCUT2D eigenvalue weighted by Gasteiger charge is 2.15. The van der Waals surface area contributed by atoms with Crippen molar-refractivity contribution in [3.8, 4) is 11.5 Å². The summed E-state index contributed by atoms with van der Waals surface area (Å²) in [6, 6.07) is 12.5. The van der Waals surface area contributed by atoms with Crippen LogP contribution in [0.5, 0.6) is 11.5 Å². The fourth-order valence-electron chi connectivity index (χ4n) is 3.29. The van der Waals surface area contributed by atoms with Crippen molar-refractivity contribution in [2.24, 2.45) is 5.92 Å². The van der Waals surface area contributed by atoms with Crippen molar-refractivity contribution in [3.05, 3.63) is 59.4 Å². The molecule has 0 saturated carbocycles. The van der Waals surface area contributed by atoms with E-state index in [0.29, 0.717) is 29.5 Å². The van der Waals surface area contributed by atoms with Gasteiger partial charge in [-0.25, -0.2) is 4.39 Å². The maximum Gasteiger partial charge on any atom is 0.166 e. The zero-order valence-electron chi connectivity index (χ0n) is 15.3. The zero-order valence-corrected chi connectivity index (χ0v) is 15.3. The zero-order chi connectivity index (χ0) is 18.2. The Hall–Kier alpha value is -2.11. The Labute approximate surface area is 154 Å². The monoisotopic (exact) mass is 358 g/mol. The molecule has 4 nitrogen and oxygen atoms in total. The summed E-state index contributed by atoms with van der Waals surface area (Å²) in [6.07, 6.45) is 2.42. The number of ether oxygens (including phenoxy) is 2. The summed E-state index contributed by atoms with van der Waals surface area (Å²) in [4.78, 5) is 0. The molecular weight excluding hydrogens is 331 g/mol. The maximum absolute atomic E-state index is 13.9. The van der Waals surface area contributed by atoms with Gasteiger partial charge in [0, 0.05) is 17.7 Å². The van der Waals surface area contributed by atoms with Gasteiger partial charge >= 0.3 is 0 Å². The molecule has 0 unspecified atom stereocenters. The third kappa shape index (κ3) is 4.96. The maximum atomic E-state index is 13.9. The lowest BCUT2D eigenvalue weighted by atomic mass is 9.98. The largest absolute Gasteiger partial charge is 0.493 e. The van der Waals surface area contributed by atoms with Gasteiger partial charge in [0.2, 0.25) is 0 Å². The van der Waals surface area contributed by atoms with E-state index in [-0.39, 0.29) is 12.4 Å². The minimum Gasteiger partial charge on any atom is -0.493 e. The lowest BCUT2D eigenvalue weighted by molar-refractivity contribution is 0.275. The van der Waals surface area contributed by atoms with E-state index in [2.05, 4.69) is 10.6 Å². The summed E-state index contributed by atoms with van der Waals surface area (Å²) in [7, 11) is 1.62. The van der Waals surface area contributed by atoms with E-state index in [0.717, 1.165) is 25.2 Å². The number of piperidine rings is 1. The summed E-state index contributed by atoms with van der Waals surface area (Å²) in [5.41, 5.74) is 1.56. The minimum atomic E-state index is -0.256. The lowest BCUT2D eigenvalue weighted by Crippen LogP contribution is -2.33. The van der Waals surface area contributed by atoms with Crippen LogP contribution in [0.3, 0.4) is 0 Å². The van der Waals surface area contributed by atoms with E-state index in [9.17, 15) is 4.39 Å². The SMILES string of the molecule is COc1cccc(CNCC2CCNCC2)c1OCc1ccccc1F. The molecule has 2 aromatic rings. The van der Waals surface area contributed by atoms with E-state index in [1.807, 2.05) is 24.3 Å². The highest BCUT2D eigenvalue weighted by Crippen LogP contribution is 2.32. The number of methoxy groups -OCH3 is 1. The van der Waals surface area contributed by atoms with Crippen molar-refractivity contribution in [2.45, 2.75) is 26.0 Å². The van der Waals surface area contributed by atoms with Crippen LogP contribution in [0, 0.1) is 11.7 Å². The molecule has 0 atom stereocenters. The highest BCUT2D eigenvalue weighted by molar-refractivity contribution is 5.46. The summed E-state index contributed by atoms with van der Waals surface area (Å²) in [5.74, 6) is 1.80. The number of halogens is 1. The molecule has 0 aromatic heterocycles. The van der Waals surface area contributed by atoms with Crippen molar-refractivity contribution >= 4 is 0 Å². The van der Waals surface area contributed by atoms with Gasteiger partial charge in [-0.1, -0.05) is 30.3 Å². The van der Waals surface area contributed by atoms with Crippen LogP contribution in [0.4, 0.5) is 4.39 Å². The number of benzene rings is 2. The normalized spacial score (nSPS) is 15.0. The molecular formula is C21H27FN2O2. The van der Waals surface area contributed by atoms with Gasteiger partial charge in [-0.05, 0) is 50.5 Å². The van der Waals surface area contributed by atoms with Crippen LogP contribution >= 0.6 is 0 Å². The van der Waals surface area contributed by atoms with E-state index < -0.39 is 0 Å². The highest BCUT2D eigenvalue weighted by atomic mass is 19.1. The van der Waals surface area contributed by atoms with Crippen molar-refractivity contribution in [2.75, 3.05) is 26.7 Å². The first-order valence-electron chi connectivity index (χ1n) is 9.21. The number of rotatable bonds is 8. The molecule has 0 amide bonds. The van der Waals surface area contributed by atoms with Crippen LogP contribution in [0.2, 0.25) is 0 Å². The Morgan fingerprint density at radius 2 is 1.85 bits per heavy atom. The number of hydrogen-bond donors (Lipinski definition) is 2. The van der Waals surface area contributed by atoms with E-state index in [1.165, 1.54) is 18.9 Å². The molecule has 2 N–H and O–H groups in total. The molecule has 0 aliphatic carbocycles. The number of para-hydroxylation sites is 1. The smallest absolute Gasteiger partial charge is 0.166 e. The van der Waals surface area contributed by atoms with Gasteiger partial charge in [0.1, 0.15) is 12.4 Å². The van der Waals surface area contributed by atoms with Crippen molar-refractivity contribution in [1.82, 2.24) is 10.6 Å². The van der Waals surface area contributed by atoms with E-state index in [1.54, 1.807) is 19.2 Å². The second-order valence-corrected chi connectivity index (χ2v) is 6.65. The van der Waals surface area contributed by atoms with Crippen molar-refractivity contribution in [1.29, 1.82) is 0 Å². The molecule has 1 fully saturated rings. The lowest BCUT2D eigenvalue weighted by Gasteiger charge is -2.23. The minimum absolute atomic E-state index is 0.175. The molecule has 0 spiro atoms. The van der Waals surface area contributed by atoms with Gasteiger partial charge in [-0.3, -0.25) is 0 Å². The second-order valence-electron chi connectivity index (χ2n) is 6.65. The molecule has 3 rings (SSSR count). The van der Waals surface area contributed by atoms with Crippen LogP contribution in [0.25, 0.3) is 0 Å². The Balaban J connectivity index is 1.64. The molecule has 2 aromatic carbocycles. The van der Waals surface area contributed by atoms with Gasteiger partial charge in [-0.15, -0.1) is 0 Å². The van der Waals surface area contributed by atoms with Crippen LogP contribution in [0.15, 0.2) is 42.5 Å². The molecule has 1 heterocycles. The average Bonchev–Trinajstić information content (AvgIpc) is 2.68. The van der Waals surface area contributed by atoms with Gasteiger partial charge in [-0.2, -0.15) is 0 Å². The van der Waals surface area contributed by atoms with Crippen LogP contribution < -0.4 is 20.1 Å². The Morgan fingerprint density at radius 1 is 1.08 bits per heavy atom. The molecule has 0 radical (unpaired) electrons. The Morgan fingerprint density at radius 3 is 2.62 bits per heavy atom. The van der Waals surface area contributed by atoms with E-state index in [4.69, 9.17) is 9.47 Å². The van der Waals surface area contributed by atoms with Gasteiger partial charge in [0.15, 0.2) is 11.5 Å². The Kier molecular flexibility index (Phi) is 6.86. The first kappa shape index (κ1) is 18.7. The molecule has 1 saturated heterocycles. The summed E-state index contributed by atoms with van der Waals surface area (Å²) < 4.78 is 25.3. The third-order valence-corrected chi connectivity index (χ3v) is 4.82. The summed E-state index contributed by atoms with van der Waals surface area (Å²) in [5, 5.41) is 6.92. The molecule has 26 heavy (non-hydrogen) atoms. The van der Waals surface area contributed by atoms with E-state index >= 15 is 0 Å². The fourth-order valence-corrected chi connectivity index (χ4v) is 3.29. The van der Waals surface area contributed by atoms with Crippen molar-refractivity contribution in [3.63, 3.8) is 0 Å². The number of nitrogens with one attached hydrogen (secondary N) is 2. The van der Waals surface area contributed by atoms with Crippen LogP contribution in [0.1, 0.15) is 24.0 Å². The third-order valence-electron chi connectivity index (χ3n) is 4.82. The van der Waals surface area contributed by atoms with Gasteiger partial charge in [0.25, 0.3) is 0 Å². The molecule has 1 aliphatic rings. The molecule has 140 valence electrons. The fraction of sp³-hybridized carbons (Fsp3) is 0.429. The topological polar surface area (TPSA) is 42.5 Å². The molecule has 1 aliphatic heterocycles. The summed E-state index contributed by atoms with van der Waals surface area (Å²) in [6.45, 7) is 4.07. The first-order chi connectivity index (χ1) is 12.8.